The van der Waals surface area contributed by atoms with Gasteiger partial charge in [0.1, 0.15) is 0 Å². The fourth-order valence-electron chi connectivity index (χ4n) is 10.7. The first-order chi connectivity index (χ1) is 29.1. The van der Waals surface area contributed by atoms with E-state index in [-0.39, 0.29) is 0 Å². The normalized spacial score (nSPS) is 13.1. The first-order valence-electron chi connectivity index (χ1n) is 20.6. The van der Waals surface area contributed by atoms with Gasteiger partial charge in [0, 0.05) is 27.7 Å². The summed E-state index contributed by atoms with van der Waals surface area (Å²) in [6.07, 6.45) is 0. The van der Waals surface area contributed by atoms with E-state index in [0.717, 1.165) is 22.7 Å². The summed E-state index contributed by atoms with van der Waals surface area (Å²) in [6, 6.07) is 76.7. The quantitative estimate of drug-likeness (QED) is 0.170. The summed E-state index contributed by atoms with van der Waals surface area (Å²) in [6.45, 7) is 4.45. The van der Waals surface area contributed by atoms with Crippen molar-refractivity contribution in [3.8, 4) is 39.1 Å². The van der Waals surface area contributed by atoms with E-state index in [1.165, 1.54) is 88.6 Å². The zero-order valence-corrected chi connectivity index (χ0v) is 33.0. The number of aromatic nitrogens is 1. The van der Waals surface area contributed by atoms with E-state index in [4.69, 9.17) is 0 Å². The molecule has 12 rings (SSSR count). The van der Waals surface area contributed by atoms with Gasteiger partial charge in [-0.1, -0.05) is 158 Å². The Bertz CT molecular complexity index is 3270. The van der Waals surface area contributed by atoms with Gasteiger partial charge in [0.05, 0.1) is 27.8 Å². The Hall–Kier alpha value is -7.42. The third-order valence-electron chi connectivity index (χ3n) is 13.1. The number of nitrogens with zero attached hydrogens (tertiary/aromatic N) is 2. The molecule has 0 amide bonds. The summed E-state index contributed by atoms with van der Waals surface area (Å²) in [7, 11) is 0. The number of hydrogen-bond acceptors (Lipinski definition) is 1. The van der Waals surface area contributed by atoms with Crippen LogP contribution in [0.3, 0.4) is 0 Å². The third kappa shape index (κ3) is 4.63. The molecule has 0 fully saturated rings. The molecule has 2 aliphatic rings. The molecule has 0 saturated carbocycles. The highest BCUT2D eigenvalue weighted by Crippen LogP contribution is 2.65. The molecule has 0 saturated heterocycles. The van der Waals surface area contributed by atoms with Crippen molar-refractivity contribution in [2.75, 3.05) is 4.90 Å². The molecular weight excluding hydrogens is 713 g/mol. The van der Waals surface area contributed by atoms with Crippen molar-refractivity contribution in [2.24, 2.45) is 0 Å². The predicted octanol–water partition coefficient (Wildman–Crippen LogP) is 14.9. The van der Waals surface area contributed by atoms with E-state index in [2.05, 4.69) is 230 Å². The van der Waals surface area contributed by atoms with Gasteiger partial charge in [-0.15, -0.1) is 0 Å². The third-order valence-corrected chi connectivity index (χ3v) is 13.1. The summed E-state index contributed by atoms with van der Waals surface area (Å²) in [5.41, 5.74) is 22.0. The van der Waals surface area contributed by atoms with Gasteiger partial charge in [-0.25, -0.2) is 0 Å². The molecule has 1 aromatic heterocycles. The highest BCUT2D eigenvalue weighted by molar-refractivity contribution is 6.17. The van der Waals surface area contributed by atoms with E-state index in [1.807, 2.05) is 0 Å². The Labute approximate surface area is 344 Å². The largest absolute Gasteiger partial charge is 0.309 e. The smallest absolute Gasteiger partial charge is 0.0726 e. The molecule has 0 bridgehead atoms. The molecule has 0 aliphatic heterocycles. The first-order valence-corrected chi connectivity index (χ1v) is 20.6. The van der Waals surface area contributed by atoms with Crippen LogP contribution in [0.4, 0.5) is 17.1 Å². The van der Waals surface area contributed by atoms with Crippen molar-refractivity contribution in [3.05, 3.63) is 240 Å². The van der Waals surface area contributed by atoms with Gasteiger partial charge >= 0.3 is 0 Å². The molecule has 0 radical (unpaired) electrons. The van der Waals surface area contributed by atoms with Crippen LogP contribution in [0.25, 0.3) is 60.9 Å². The van der Waals surface area contributed by atoms with Crippen molar-refractivity contribution >= 4 is 38.9 Å². The molecule has 1 spiro atoms. The maximum atomic E-state index is 2.56. The lowest BCUT2D eigenvalue weighted by molar-refractivity contribution is 0.794. The monoisotopic (exact) mass is 752 g/mol. The Morgan fingerprint density at radius 3 is 1.68 bits per heavy atom. The second kappa shape index (κ2) is 12.8. The van der Waals surface area contributed by atoms with Gasteiger partial charge in [0.2, 0.25) is 0 Å². The topological polar surface area (TPSA) is 8.17 Å². The van der Waals surface area contributed by atoms with E-state index >= 15 is 0 Å². The van der Waals surface area contributed by atoms with Crippen LogP contribution < -0.4 is 4.90 Å². The SMILES string of the molecule is Cc1ccccc1-c1cc(N(c2cccc3c2-c2ccccc2C32c3ccccc3-c3ccccc32)c2cccc3c2c2ccccc2n3-c2ccccc2)ccc1C. The van der Waals surface area contributed by atoms with Crippen LogP contribution in [0.1, 0.15) is 33.4 Å². The second-order valence-corrected chi connectivity index (χ2v) is 16.1. The van der Waals surface area contributed by atoms with Gasteiger partial charge in [-0.2, -0.15) is 0 Å². The number of aryl methyl sites for hydroxylation is 2. The molecular formula is C57H40N2. The molecule has 10 aromatic rings. The number of benzene rings is 9. The number of para-hydroxylation sites is 2. The van der Waals surface area contributed by atoms with Gasteiger partial charge in [0.25, 0.3) is 0 Å². The predicted molar refractivity (Wildman–Crippen MR) is 247 cm³/mol. The summed E-state index contributed by atoms with van der Waals surface area (Å²) in [4.78, 5) is 2.56. The van der Waals surface area contributed by atoms with Gasteiger partial charge in [0.15, 0.2) is 0 Å². The number of fused-ring (bicyclic) bond motifs is 13. The number of anilines is 3. The average Bonchev–Trinajstić information content (AvgIpc) is 3.90. The molecule has 1 heterocycles. The standard InChI is InChI=1S/C57H40N2/c1-37-18-6-7-21-41(37)46-36-40(35-34-38(46)2)59(54-33-17-32-53-56(54)45-25-11-15-30-51(45)58(53)39-19-4-3-5-20-39)52-31-16-29-50-55(52)44-24-10-14-28-49(44)57(50)47-26-12-8-22-42(47)43-23-9-13-27-48(43)57/h3-36H,1-2H3. The lowest BCUT2D eigenvalue weighted by Crippen LogP contribution is -2.26. The van der Waals surface area contributed by atoms with Crippen molar-refractivity contribution in [2.45, 2.75) is 19.3 Å². The summed E-state index contributed by atoms with van der Waals surface area (Å²) >= 11 is 0. The molecule has 2 nitrogen and oxygen atoms in total. The fourth-order valence-corrected chi connectivity index (χ4v) is 10.7. The Morgan fingerprint density at radius 1 is 0.390 bits per heavy atom. The summed E-state index contributed by atoms with van der Waals surface area (Å²) < 4.78 is 2.42. The zero-order chi connectivity index (χ0) is 39.2. The van der Waals surface area contributed by atoms with Crippen molar-refractivity contribution in [1.29, 1.82) is 0 Å². The van der Waals surface area contributed by atoms with Gasteiger partial charge in [-0.3, -0.25) is 0 Å². The molecule has 2 aliphatic carbocycles. The fraction of sp³-hybridized carbons (Fsp3) is 0.0526. The van der Waals surface area contributed by atoms with Crippen LogP contribution in [0.2, 0.25) is 0 Å². The lowest BCUT2D eigenvalue weighted by atomic mass is 9.70. The molecule has 0 unspecified atom stereocenters. The highest BCUT2D eigenvalue weighted by Gasteiger charge is 2.52. The lowest BCUT2D eigenvalue weighted by Gasteiger charge is -2.32. The zero-order valence-electron chi connectivity index (χ0n) is 33.0. The van der Waals surface area contributed by atoms with Crippen molar-refractivity contribution in [1.82, 2.24) is 4.57 Å². The molecule has 9 aromatic carbocycles. The van der Waals surface area contributed by atoms with Crippen LogP contribution in [0, 0.1) is 13.8 Å². The first kappa shape index (κ1) is 33.7. The minimum Gasteiger partial charge on any atom is -0.309 e. The molecule has 278 valence electrons. The molecule has 0 N–H and O–H groups in total. The van der Waals surface area contributed by atoms with Crippen LogP contribution in [0.15, 0.2) is 206 Å². The minimum absolute atomic E-state index is 0.449. The molecule has 2 heteroatoms. The van der Waals surface area contributed by atoms with Crippen LogP contribution in [0.5, 0.6) is 0 Å². The van der Waals surface area contributed by atoms with E-state index in [9.17, 15) is 0 Å². The minimum atomic E-state index is -0.449. The Morgan fingerprint density at radius 2 is 0.932 bits per heavy atom. The second-order valence-electron chi connectivity index (χ2n) is 16.1. The van der Waals surface area contributed by atoms with Gasteiger partial charge < -0.3 is 9.47 Å². The van der Waals surface area contributed by atoms with Crippen molar-refractivity contribution in [3.63, 3.8) is 0 Å². The Balaban J connectivity index is 1.21. The Kier molecular flexibility index (Phi) is 7.31. The van der Waals surface area contributed by atoms with Crippen molar-refractivity contribution < 1.29 is 0 Å². The number of rotatable bonds is 5. The maximum Gasteiger partial charge on any atom is 0.0726 e. The molecule has 0 atom stereocenters. The highest BCUT2D eigenvalue weighted by atomic mass is 15.2. The van der Waals surface area contributed by atoms with E-state index in [1.54, 1.807) is 0 Å². The van der Waals surface area contributed by atoms with Crippen LogP contribution >= 0.6 is 0 Å². The molecule has 59 heavy (non-hydrogen) atoms. The van der Waals surface area contributed by atoms with Gasteiger partial charge in [-0.05, 0) is 124 Å². The summed E-state index contributed by atoms with van der Waals surface area (Å²) in [5.74, 6) is 0. The van der Waals surface area contributed by atoms with Crippen LogP contribution in [-0.4, -0.2) is 4.57 Å². The maximum absolute atomic E-state index is 2.56. The van der Waals surface area contributed by atoms with E-state index in [0.29, 0.717) is 0 Å². The summed E-state index contributed by atoms with van der Waals surface area (Å²) in [5, 5.41) is 2.45. The van der Waals surface area contributed by atoms with E-state index < -0.39 is 5.41 Å². The average molecular weight is 753 g/mol. The van der Waals surface area contributed by atoms with Crippen LogP contribution in [-0.2, 0) is 5.41 Å². The number of hydrogen-bond donors (Lipinski definition) is 0.